The van der Waals surface area contributed by atoms with E-state index in [0.717, 1.165) is 31.8 Å². The summed E-state index contributed by atoms with van der Waals surface area (Å²) in [4.78, 5) is 35.8. The predicted octanol–water partition coefficient (Wildman–Crippen LogP) is 3.07. The van der Waals surface area contributed by atoms with Gasteiger partial charge >= 0.3 is 12.0 Å². The van der Waals surface area contributed by atoms with Gasteiger partial charge in [-0.2, -0.15) is 0 Å². The molecule has 9 heteroatoms. The third-order valence-electron chi connectivity index (χ3n) is 4.46. The van der Waals surface area contributed by atoms with Gasteiger partial charge in [0, 0.05) is 12.1 Å². The molecule has 1 aliphatic carbocycles. The molecule has 0 spiro atoms. The van der Waals surface area contributed by atoms with Gasteiger partial charge in [0.25, 0.3) is 5.91 Å². The third kappa shape index (κ3) is 6.67. The highest BCUT2D eigenvalue weighted by molar-refractivity contribution is 6.32. The van der Waals surface area contributed by atoms with E-state index < -0.39 is 24.0 Å². The molecule has 3 amide bonds. The first-order chi connectivity index (χ1) is 13.8. The molecule has 0 radical (unpaired) electrons. The van der Waals surface area contributed by atoms with Gasteiger partial charge in [0.15, 0.2) is 17.6 Å². The van der Waals surface area contributed by atoms with E-state index in [1.807, 2.05) is 0 Å². The maximum Gasteiger partial charge on any atom is 0.331 e. The van der Waals surface area contributed by atoms with Crippen LogP contribution in [-0.2, 0) is 14.3 Å². The summed E-state index contributed by atoms with van der Waals surface area (Å²) in [6.45, 7) is 1.39. The second kappa shape index (κ2) is 10.7. The number of ether oxygens (including phenoxy) is 3. The van der Waals surface area contributed by atoms with Crippen LogP contribution in [0.1, 0.15) is 38.2 Å². The molecule has 0 aromatic heterocycles. The van der Waals surface area contributed by atoms with Crippen molar-refractivity contribution in [3.05, 3.63) is 28.8 Å². The van der Waals surface area contributed by atoms with Crippen molar-refractivity contribution in [2.24, 2.45) is 0 Å². The third-order valence-corrected chi connectivity index (χ3v) is 4.74. The van der Waals surface area contributed by atoms with Crippen molar-refractivity contribution in [1.29, 1.82) is 0 Å². The van der Waals surface area contributed by atoms with Gasteiger partial charge in [-0.25, -0.2) is 9.59 Å². The van der Waals surface area contributed by atoms with Crippen molar-refractivity contribution in [3.63, 3.8) is 0 Å². The smallest absolute Gasteiger partial charge is 0.331 e. The number of hydrogen-bond donors (Lipinski definition) is 2. The number of esters is 1. The molecule has 0 aliphatic heterocycles. The zero-order valence-corrected chi connectivity index (χ0v) is 17.4. The number of urea groups is 1. The maximum absolute atomic E-state index is 12.0. The molecule has 1 saturated carbocycles. The molecule has 1 atom stereocenters. The minimum atomic E-state index is -1.13. The molecule has 2 rings (SSSR count). The number of nitrogens with one attached hydrogen (secondary N) is 2. The van der Waals surface area contributed by atoms with Gasteiger partial charge < -0.3 is 19.5 Å². The van der Waals surface area contributed by atoms with Crippen LogP contribution in [0.25, 0.3) is 6.08 Å². The van der Waals surface area contributed by atoms with Crippen LogP contribution in [0.4, 0.5) is 4.79 Å². The first-order valence-corrected chi connectivity index (χ1v) is 9.63. The molecule has 1 fully saturated rings. The van der Waals surface area contributed by atoms with Crippen LogP contribution in [0.5, 0.6) is 11.5 Å². The molecule has 0 bridgehead atoms. The predicted molar refractivity (Wildman–Crippen MR) is 108 cm³/mol. The number of carbonyl (C=O) groups is 3. The van der Waals surface area contributed by atoms with Gasteiger partial charge in [-0.05, 0) is 43.5 Å². The van der Waals surface area contributed by atoms with Gasteiger partial charge in [-0.1, -0.05) is 24.4 Å². The summed E-state index contributed by atoms with van der Waals surface area (Å²) in [6.07, 6.45) is 5.41. The Morgan fingerprint density at radius 2 is 1.86 bits per heavy atom. The van der Waals surface area contributed by atoms with Crippen molar-refractivity contribution in [3.8, 4) is 11.5 Å². The van der Waals surface area contributed by atoms with E-state index in [9.17, 15) is 14.4 Å². The Hall–Kier alpha value is -2.74. The van der Waals surface area contributed by atoms with Crippen LogP contribution in [0.2, 0.25) is 5.02 Å². The number of hydrogen-bond acceptors (Lipinski definition) is 6. The summed E-state index contributed by atoms with van der Waals surface area (Å²) in [5.74, 6) is -0.643. The minimum absolute atomic E-state index is 0.0805. The van der Waals surface area contributed by atoms with E-state index in [1.165, 1.54) is 27.2 Å². The Morgan fingerprint density at radius 1 is 1.17 bits per heavy atom. The largest absolute Gasteiger partial charge is 0.493 e. The van der Waals surface area contributed by atoms with E-state index in [2.05, 4.69) is 10.6 Å². The first kappa shape index (κ1) is 22.5. The van der Waals surface area contributed by atoms with Crippen molar-refractivity contribution < 1.29 is 28.6 Å². The minimum Gasteiger partial charge on any atom is -0.493 e. The summed E-state index contributed by atoms with van der Waals surface area (Å²) < 4.78 is 15.4. The summed E-state index contributed by atoms with van der Waals surface area (Å²) >= 11 is 6.12. The van der Waals surface area contributed by atoms with Crippen molar-refractivity contribution in [2.75, 3.05) is 14.2 Å². The molecular weight excluding hydrogens is 400 g/mol. The highest BCUT2D eigenvalue weighted by Crippen LogP contribution is 2.36. The number of carbonyl (C=O) groups excluding carboxylic acids is 3. The van der Waals surface area contributed by atoms with Crippen LogP contribution in [0, 0.1) is 0 Å². The average Bonchev–Trinajstić information content (AvgIpc) is 3.18. The molecule has 0 heterocycles. The van der Waals surface area contributed by atoms with E-state index in [1.54, 1.807) is 12.1 Å². The van der Waals surface area contributed by atoms with Crippen molar-refractivity contribution >= 4 is 35.6 Å². The SMILES string of the molecule is COc1cc(/C=C/C(=O)OC(C)C(=O)NC(=O)NC2CCCC2)cc(Cl)c1OC. The van der Waals surface area contributed by atoms with Crippen LogP contribution in [0.3, 0.4) is 0 Å². The van der Waals surface area contributed by atoms with Crippen LogP contribution in [-0.4, -0.2) is 44.3 Å². The number of methoxy groups -OCH3 is 2. The Bertz CT molecular complexity index is 789. The van der Waals surface area contributed by atoms with E-state index in [0.29, 0.717) is 22.1 Å². The monoisotopic (exact) mass is 424 g/mol. The summed E-state index contributed by atoms with van der Waals surface area (Å²) in [5.41, 5.74) is 0.581. The lowest BCUT2D eigenvalue weighted by Gasteiger charge is -2.15. The second-order valence-corrected chi connectivity index (χ2v) is 7.00. The molecule has 1 aromatic rings. The number of amides is 3. The molecule has 29 heavy (non-hydrogen) atoms. The highest BCUT2D eigenvalue weighted by Gasteiger charge is 2.22. The zero-order chi connectivity index (χ0) is 21.4. The lowest BCUT2D eigenvalue weighted by molar-refractivity contribution is -0.149. The fourth-order valence-corrected chi connectivity index (χ4v) is 3.27. The van der Waals surface area contributed by atoms with Gasteiger partial charge in [0.1, 0.15) is 0 Å². The van der Waals surface area contributed by atoms with Gasteiger partial charge in [-0.15, -0.1) is 0 Å². The number of halogens is 1. The number of imide groups is 1. The van der Waals surface area contributed by atoms with Gasteiger partial charge in [0.05, 0.1) is 19.2 Å². The quantitative estimate of drug-likeness (QED) is 0.515. The molecule has 0 saturated heterocycles. The summed E-state index contributed by atoms with van der Waals surface area (Å²) in [5, 5.41) is 5.23. The number of rotatable bonds is 7. The lowest BCUT2D eigenvalue weighted by atomic mass is 10.2. The Morgan fingerprint density at radius 3 is 2.48 bits per heavy atom. The number of benzene rings is 1. The average molecular weight is 425 g/mol. The van der Waals surface area contributed by atoms with E-state index >= 15 is 0 Å². The molecule has 1 aliphatic rings. The van der Waals surface area contributed by atoms with Crippen LogP contribution < -0.4 is 20.1 Å². The van der Waals surface area contributed by atoms with E-state index in [4.69, 9.17) is 25.8 Å². The molecular formula is C20H25ClN2O6. The Balaban J connectivity index is 1.88. The normalized spacial score (nSPS) is 15.0. The Labute approximate surface area is 174 Å². The topological polar surface area (TPSA) is 103 Å². The summed E-state index contributed by atoms with van der Waals surface area (Å²) in [7, 11) is 2.94. The molecule has 1 unspecified atom stereocenters. The van der Waals surface area contributed by atoms with Crippen LogP contribution >= 0.6 is 11.6 Å². The summed E-state index contributed by atoms with van der Waals surface area (Å²) in [6, 6.07) is 2.73. The Kier molecular flexibility index (Phi) is 8.33. The molecule has 2 N–H and O–H groups in total. The zero-order valence-electron chi connectivity index (χ0n) is 16.6. The lowest BCUT2D eigenvalue weighted by Crippen LogP contribution is -2.47. The first-order valence-electron chi connectivity index (χ1n) is 9.25. The second-order valence-electron chi connectivity index (χ2n) is 6.59. The highest BCUT2D eigenvalue weighted by atomic mass is 35.5. The van der Waals surface area contributed by atoms with Crippen molar-refractivity contribution in [2.45, 2.75) is 44.8 Å². The van der Waals surface area contributed by atoms with E-state index in [-0.39, 0.29) is 6.04 Å². The maximum atomic E-state index is 12.0. The molecule has 158 valence electrons. The van der Waals surface area contributed by atoms with Crippen molar-refractivity contribution in [1.82, 2.24) is 10.6 Å². The van der Waals surface area contributed by atoms with Gasteiger partial charge in [-0.3, -0.25) is 10.1 Å². The fourth-order valence-electron chi connectivity index (χ4n) is 2.97. The molecule has 8 nitrogen and oxygen atoms in total. The molecule has 1 aromatic carbocycles. The van der Waals surface area contributed by atoms with Gasteiger partial charge in [0.2, 0.25) is 0 Å². The fraction of sp³-hybridized carbons (Fsp3) is 0.450. The standard InChI is InChI=1S/C20H25ClN2O6/c1-12(19(25)23-20(26)22-14-6-4-5-7-14)29-17(24)9-8-13-10-15(21)18(28-3)16(11-13)27-2/h8-12,14H,4-7H2,1-3H3,(H2,22,23,25,26)/b9-8+. The van der Waals surface area contributed by atoms with Crippen LogP contribution in [0.15, 0.2) is 18.2 Å².